The van der Waals surface area contributed by atoms with E-state index in [4.69, 9.17) is 0 Å². The molecule has 0 aliphatic carbocycles. The van der Waals surface area contributed by atoms with Crippen molar-refractivity contribution in [2.45, 2.75) is 111 Å². The minimum Gasteiger partial charge on any atom is -0.300 e. The number of nitrogens with zero attached hydrogens (tertiary/aromatic N) is 1. The Morgan fingerprint density at radius 1 is 0.889 bits per heavy atom. The fourth-order valence-corrected chi connectivity index (χ4v) is 3.53. The molecule has 0 fully saturated rings. The monoisotopic (exact) mass is 395 g/mol. The highest BCUT2D eigenvalue weighted by Gasteiger charge is 2.21. The number of hydrogen-bond donors (Lipinski definition) is 0. The van der Waals surface area contributed by atoms with Gasteiger partial charge in [-0.3, -0.25) is 9.59 Å². The third-order valence-corrected chi connectivity index (χ3v) is 5.58. The molecule has 0 saturated heterocycles. The highest BCUT2D eigenvalue weighted by molar-refractivity contribution is 7.78. The minimum atomic E-state index is -0.125. The number of aliphatic imine (C=N–C) groups is 1. The number of ketones is 2. The molecule has 0 aliphatic rings. The van der Waals surface area contributed by atoms with Crippen molar-refractivity contribution < 1.29 is 9.59 Å². The Labute approximate surface area is 172 Å². The third kappa shape index (κ3) is 15.9. The number of thiocarbonyl (C=S) groups is 1. The topological polar surface area (TPSA) is 46.5 Å². The van der Waals surface area contributed by atoms with E-state index in [2.05, 4.69) is 29.3 Å². The molecule has 0 N–H and O–H groups in total. The average molecular weight is 396 g/mol. The van der Waals surface area contributed by atoms with Gasteiger partial charge in [0.25, 0.3) is 0 Å². The molecule has 4 heteroatoms. The molecule has 0 amide bonds. The molecule has 0 saturated carbocycles. The zero-order chi connectivity index (χ0) is 20.3. The zero-order valence-corrected chi connectivity index (χ0v) is 18.7. The largest absolute Gasteiger partial charge is 0.300 e. The summed E-state index contributed by atoms with van der Waals surface area (Å²) in [6.45, 7) is 6.55. The number of carbonyl (C=O) groups excluding carboxylic acids is 2. The number of isothiocyanates is 1. The number of rotatable bonds is 19. The summed E-state index contributed by atoms with van der Waals surface area (Å²) in [5, 5.41) is 2.36. The Balaban J connectivity index is 3.88. The number of unbranched alkanes of at least 4 members (excludes halogenated alkanes) is 9. The lowest BCUT2D eigenvalue weighted by Gasteiger charge is -2.16. The van der Waals surface area contributed by atoms with Crippen LogP contribution < -0.4 is 0 Å². The van der Waals surface area contributed by atoms with E-state index in [9.17, 15) is 9.59 Å². The second-order valence-corrected chi connectivity index (χ2v) is 8.15. The van der Waals surface area contributed by atoms with E-state index in [-0.39, 0.29) is 23.4 Å². The molecule has 2 atom stereocenters. The van der Waals surface area contributed by atoms with Gasteiger partial charge >= 0.3 is 0 Å². The predicted octanol–water partition coefficient (Wildman–Crippen LogP) is 6.98. The first kappa shape index (κ1) is 26.1. The van der Waals surface area contributed by atoms with Crippen LogP contribution in [0.15, 0.2) is 4.99 Å². The van der Waals surface area contributed by atoms with Gasteiger partial charge in [-0.25, -0.2) is 4.99 Å². The van der Waals surface area contributed by atoms with Crippen LogP contribution in [0.2, 0.25) is 0 Å². The van der Waals surface area contributed by atoms with E-state index < -0.39 is 0 Å². The maximum absolute atomic E-state index is 12.5. The number of hydrogen-bond acceptors (Lipinski definition) is 4. The van der Waals surface area contributed by atoms with E-state index in [0.717, 1.165) is 32.1 Å². The average Bonchev–Trinajstić information content (AvgIpc) is 2.65. The van der Waals surface area contributed by atoms with Gasteiger partial charge in [-0.2, -0.15) is 0 Å². The van der Waals surface area contributed by atoms with Crippen molar-refractivity contribution in [2.75, 3.05) is 6.54 Å². The molecular formula is C23H41NO2S. The van der Waals surface area contributed by atoms with Gasteiger partial charge in [-0.1, -0.05) is 78.1 Å². The van der Waals surface area contributed by atoms with E-state index >= 15 is 0 Å². The summed E-state index contributed by atoms with van der Waals surface area (Å²) in [7, 11) is 0. The standard InChI is InChI=1S/C23H41NO2S/c1-4-5-6-7-8-9-10-11-12-15-20(2)23(26)18-22(21(3)25)16-13-14-17-24-19-27/h20,22H,4-18H2,1-3H3. The molecule has 156 valence electrons. The van der Waals surface area contributed by atoms with Gasteiger partial charge < -0.3 is 0 Å². The SMILES string of the molecule is CCCCCCCCCCCC(C)C(=O)CC(CCCCN=C=S)C(C)=O. The zero-order valence-electron chi connectivity index (χ0n) is 17.9. The van der Waals surface area contributed by atoms with Gasteiger partial charge in [0.2, 0.25) is 0 Å². The summed E-state index contributed by atoms with van der Waals surface area (Å²) < 4.78 is 0. The molecule has 0 spiro atoms. The molecule has 0 aromatic rings. The molecule has 0 bridgehead atoms. The van der Waals surface area contributed by atoms with Crippen LogP contribution in [0.25, 0.3) is 0 Å². The lowest BCUT2D eigenvalue weighted by molar-refractivity contribution is -0.129. The predicted molar refractivity (Wildman–Crippen MR) is 119 cm³/mol. The van der Waals surface area contributed by atoms with Crippen molar-refractivity contribution in [2.24, 2.45) is 16.8 Å². The van der Waals surface area contributed by atoms with E-state index in [0.29, 0.717) is 13.0 Å². The van der Waals surface area contributed by atoms with Gasteiger partial charge in [0.15, 0.2) is 0 Å². The van der Waals surface area contributed by atoms with Crippen LogP contribution in [-0.2, 0) is 9.59 Å². The summed E-state index contributed by atoms with van der Waals surface area (Å²) in [5.41, 5.74) is 0. The summed E-state index contributed by atoms with van der Waals surface area (Å²) in [5.74, 6) is 0.346. The first-order valence-electron chi connectivity index (χ1n) is 11.1. The Bertz CT molecular complexity index is 444. The van der Waals surface area contributed by atoms with Crippen LogP contribution >= 0.6 is 12.2 Å². The number of Topliss-reactive ketones (excluding diaryl/α,β-unsaturated/α-hetero) is 2. The Morgan fingerprint density at radius 3 is 2.00 bits per heavy atom. The van der Waals surface area contributed by atoms with Crippen molar-refractivity contribution in [1.29, 1.82) is 0 Å². The van der Waals surface area contributed by atoms with E-state index in [1.54, 1.807) is 6.92 Å². The van der Waals surface area contributed by atoms with Crippen LogP contribution in [0.4, 0.5) is 0 Å². The van der Waals surface area contributed by atoms with Crippen molar-refractivity contribution >= 4 is 28.9 Å². The lowest BCUT2D eigenvalue weighted by atomic mass is 9.87. The van der Waals surface area contributed by atoms with Gasteiger partial charge in [-0.05, 0) is 38.4 Å². The molecule has 2 unspecified atom stereocenters. The van der Waals surface area contributed by atoms with Crippen molar-refractivity contribution in [1.82, 2.24) is 0 Å². The van der Waals surface area contributed by atoms with E-state index in [1.807, 2.05) is 6.92 Å². The lowest BCUT2D eigenvalue weighted by Crippen LogP contribution is -2.20. The summed E-state index contributed by atoms with van der Waals surface area (Å²) >= 11 is 4.54. The molecule has 0 radical (unpaired) electrons. The van der Waals surface area contributed by atoms with Crippen molar-refractivity contribution in [3.8, 4) is 0 Å². The highest BCUT2D eigenvalue weighted by Crippen LogP contribution is 2.20. The second kappa shape index (κ2) is 18.5. The molecule has 0 heterocycles. The molecule has 0 aliphatic heterocycles. The third-order valence-electron chi connectivity index (χ3n) is 5.45. The van der Waals surface area contributed by atoms with Gasteiger partial charge in [0, 0.05) is 24.8 Å². The van der Waals surface area contributed by atoms with Crippen molar-refractivity contribution in [3.63, 3.8) is 0 Å². The first-order valence-corrected chi connectivity index (χ1v) is 11.5. The first-order chi connectivity index (χ1) is 13.0. The normalized spacial score (nSPS) is 13.0. The summed E-state index contributed by atoms with van der Waals surface area (Å²) in [6, 6.07) is 0. The molecular weight excluding hydrogens is 354 g/mol. The van der Waals surface area contributed by atoms with E-state index in [1.165, 1.54) is 51.4 Å². The highest BCUT2D eigenvalue weighted by atomic mass is 32.1. The molecule has 0 rings (SSSR count). The Morgan fingerprint density at radius 2 is 1.44 bits per heavy atom. The quantitative estimate of drug-likeness (QED) is 0.135. The van der Waals surface area contributed by atoms with Crippen LogP contribution in [-0.4, -0.2) is 23.3 Å². The Hall–Kier alpha value is -0.860. The van der Waals surface area contributed by atoms with Gasteiger partial charge in [0.1, 0.15) is 11.6 Å². The minimum absolute atomic E-state index is 0.0795. The second-order valence-electron chi connectivity index (χ2n) is 7.96. The summed E-state index contributed by atoms with van der Waals surface area (Å²) in [4.78, 5) is 28.2. The fourth-order valence-electron chi connectivity index (χ4n) is 3.44. The molecule has 27 heavy (non-hydrogen) atoms. The van der Waals surface area contributed by atoms with Crippen molar-refractivity contribution in [3.05, 3.63) is 0 Å². The molecule has 0 aromatic heterocycles. The maximum Gasteiger partial charge on any atom is 0.136 e. The van der Waals surface area contributed by atoms with Crippen LogP contribution in [0.5, 0.6) is 0 Å². The number of carbonyl (C=O) groups is 2. The van der Waals surface area contributed by atoms with Crippen LogP contribution in [0, 0.1) is 11.8 Å². The maximum atomic E-state index is 12.5. The van der Waals surface area contributed by atoms with Gasteiger partial charge in [0.05, 0.1) is 5.16 Å². The molecule has 3 nitrogen and oxygen atoms in total. The Kier molecular flexibility index (Phi) is 17.9. The van der Waals surface area contributed by atoms with Crippen LogP contribution in [0.3, 0.4) is 0 Å². The van der Waals surface area contributed by atoms with Gasteiger partial charge in [-0.15, -0.1) is 0 Å². The smallest absolute Gasteiger partial charge is 0.136 e. The fraction of sp³-hybridized carbons (Fsp3) is 0.870. The molecule has 0 aromatic carbocycles. The van der Waals surface area contributed by atoms with Crippen LogP contribution in [0.1, 0.15) is 111 Å². The summed E-state index contributed by atoms with van der Waals surface area (Å²) in [6.07, 6.45) is 15.7.